The molecule has 3 atom stereocenters. The van der Waals surface area contributed by atoms with Crippen molar-refractivity contribution < 1.29 is 13.2 Å². The molecule has 3 rings (SSSR count). The topological polar surface area (TPSA) is 63.2 Å². The van der Waals surface area contributed by atoms with E-state index < -0.39 is 9.84 Å². The van der Waals surface area contributed by atoms with E-state index in [0.29, 0.717) is 5.92 Å². The van der Waals surface area contributed by atoms with Crippen LogP contribution in [0.2, 0.25) is 0 Å². The zero-order valence-electron chi connectivity index (χ0n) is 13.9. The fourth-order valence-corrected chi connectivity index (χ4v) is 5.23. The van der Waals surface area contributed by atoms with Gasteiger partial charge in [-0.1, -0.05) is 49.2 Å². The number of benzene rings is 1. The molecule has 5 heteroatoms. The van der Waals surface area contributed by atoms with E-state index >= 15 is 0 Å². The van der Waals surface area contributed by atoms with Crippen LogP contribution in [0.4, 0.5) is 0 Å². The van der Waals surface area contributed by atoms with Crippen molar-refractivity contribution in [1.82, 2.24) is 5.32 Å². The van der Waals surface area contributed by atoms with Crippen molar-refractivity contribution in [2.75, 3.05) is 5.75 Å². The van der Waals surface area contributed by atoms with Crippen LogP contribution < -0.4 is 5.32 Å². The fraction of sp³-hybridized carbons (Fsp3) is 0.526. The number of sulfone groups is 1. The average molecular weight is 347 g/mol. The summed E-state index contributed by atoms with van der Waals surface area (Å²) in [6.07, 6.45) is 7.42. The molecule has 4 nitrogen and oxygen atoms in total. The van der Waals surface area contributed by atoms with E-state index in [2.05, 4.69) is 29.6 Å². The second-order valence-electron chi connectivity index (χ2n) is 7.03. The molecule has 0 bridgehead atoms. The molecular weight excluding hydrogens is 322 g/mol. The summed E-state index contributed by atoms with van der Waals surface area (Å²) >= 11 is 0. The molecule has 1 aromatic carbocycles. The molecule has 1 saturated carbocycles. The first-order valence-electron chi connectivity index (χ1n) is 8.76. The number of carbonyl (C=O) groups is 1. The van der Waals surface area contributed by atoms with Gasteiger partial charge in [0.15, 0.2) is 9.84 Å². The van der Waals surface area contributed by atoms with E-state index in [-0.39, 0.29) is 30.0 Å². The number of amides is 1. The van der Waals surface area contributed by atoms with Gasteiger partial charge in [-0.05, 0) is 30.7 Å². The Labute approximate surface area is 144 Å². The van der Waals surface area contributed by atoms with Crippen molar-refractivity contribution in [2.24, 2.45) is 11.8 Å². The van der Waals surface area contributed by atoms with Gasteiger partial charge in [0, 0.05) is 23.8 Å². The molecule has 1 aliphatic heterocycles. The van der Waals surface area contributed by atoms with Gasteiger partial charge in [0.2, 0.25) is 5.91 Å². The highest BCUT2D eigenvalue weighted by atomic mass is 32.2. The maximum Gasteiger partial charge on any atom is 0.220 e. The molecular formula is C19H25NO3S. The summed E-state index contributed by atoms with van der Waals surface area (Å²) in [5.74, 6) is 0.337. The third-order valence-electron chi connectivity index (χ3n) is 5.05. The van der Waals surface area contributed by atoms with Gasteiger partial charge in [-0.3, -0.25) is 4.79 Å². The van der Waals surface area contributed by atoms with Crippen molar-refractivity contribution >= 4 is 15.7 Å². The van der Waals surface area contributed by atoms with Crippen LogP contribution in [0.15, 0.2) is 41.8 Å². The Bertz CT molecular complexity index is 697. The lowest BCUT2D eigenvalue weighted by atomic mass is 9.80. The van der Waals surface area contributed by atoms with Crippen molar-refractivity contribution in [3.63, 3.8) is 0 Å². The molecule has 1 amide bonds. The van der Waals surface area contributed by atoms with E-state index in [1.54, 1.807) is 6.08 Å². The number of hydrogen-bond donors (Lipinski definition) is 1. The Morgan fingerprint density at radius 1 is 1.12 bits per heavy atom. The van der Waals surface area contributed by atoms with Gasteiger partial charge in [0.05, 0.1) is 5.75 Å². The maximum absolute atomic E-state index is 12.3. The average Bonchev–Trinajstić information content (AvgIpc) is 2.89. The summed E-state index contributed by atoms with van der Waals surface area (Å²) in [5, 5.41) is 4.42. The summed E-state index contributed by atoms with van der Waals surface area (Å²) in [7, 11) is -3.09. The van der Waals surface area contributed by atoms with Crippen molar-refractivity contribution in [3.8, 4) is 0 Å². The second-order valence-corrected chi connectivity index (χ2v) is 8.96. The van der Waals surface area contributed by atoms with E-state index in [4.69, 9.17) is 0 Å². The van der Waals surface area contributed by atoms with Crippen LogP contribution in [-0.2, 0) is 21.1 Å². The molecule has 1 heterocycles. The van der Waals surface area contributed by atoms with Gasteiger partial charge < -0.3 is 5.32 Å². The lowest BCUT2D eigenvalue weighted by Crippen LogP contribution is -2.43. The molecule has 2 aliphatic rings. The SMILES string of the molecule is O=C(C[C@@H]1C=CS(=O)(=O)C1)N[C@@H]1CCCC[C@H]1Cc1ccccc1. The zero-order valence-corrected chi connectivity index (χ0v) is 14.7. The Morgan fingerprint density at radius 3 is 2.58 bits per heavy atom. The van der Waals surface area contributed by atoms with Crippen LogP contribution in [0.1, 0.15) is 37.7 Å². The fourth-order valence-electron chi connectivity index (χ4n) is 3.83. The largest absolute Gasteiger partial charge is 0.353 e. The van der Waals surface area contributed by atoms with Gasteiger partial charge >= 0.3 is 0 Å². The summed E-state index contributed by atoms with van der Waals surface area (Å²) < 4.78 is 22.9. The second kappa shape index (κ2) is 7.51. The molecule has 1 fully saturated rings. The van der Waals surface area contributed by atoms with Gasteiger partial charge in [-0.2, -0.15) is 0 Å². The van der Waals surface area contributed by atoms with E-state index in [1.165, 1.54) is 17.4 Å². The summed E-state index contributed by atoms with van der Waals surface area (Å²) in [4.78, 5) is 12.3. The highest BCUT2D eigenvalue weighted by molar-refractivity contribution is 7.94. The third-order valence-corrected chi connectivity index (χ3v) is 6.51. The van der Waals surface area contributed by atoms with E-state index in [9.17, 15) is 13.2 Å². The minimum atomic E-state index is -3.09. The molecule has 1 aromatic rings. The normalized spacial score (nSPS) is 28.6. The molecule has 0 spiro atoms. The molecule has 0 saturated heterocycles. The van der Waals surface area contributed by atoms with Crippen LogP contribution in [0.25, 0.3) is 0 Å². The van der Waals surface area contributed by atoms with Gasteiger partial charge in [0.1, 0.15) is 0 Å². The lowest BCUT2D eigenvalue weighted by molar-refractivity contribution is -0.122. The minimum Gasteiger partial charge on any atom is -0.353 e. The van der Waals surface area contributed by atoms with Crippen LogP contribution in [0.5, 0.6) is 0 Å². The van der Waals surface area contributed by atoms with Crippen molar-refractivity contribution in [3.05, 3.63) is 47.4 Å². The molecule has 0 aromatic heterocycles. The van der Waals surface area contributed by atoms with Crippen LogP contribution >= 0.6 is 0 Å². The van der Waals surface area contributed by atoms with Gasteiger partial charge in [-0.15, -0.1) is 0 Å². The molecule has 24 heavy (non-hydrogen) atoms. The van der Waals surface area contributed by atoms with Crippen LogP contribution in [-0.4, -0.2) is 26.1 Å². The Balaban J connectivity index is 1.55. The number of hydrogen-bond acceptors (Lipinski definition) is 3. The molecule has 130 valence electrons. The van der Waals surface area contributed by atoms with E-state index in [0.717, 1.165) is 25.7 Å². The van der Waals surface area contributed by atoms with Crippen molar-refractivity contribution in [1.29, 1.82) is 0 Å². The van der Waals surface area contributed by atoms with Gasteiger partial charge in [-0.25, -0.2) is 8.42 Å². The standard InChI is InChI=1S/C19H25NO3S/c21-19(13-16-10-11-24(22,23)14-16)20-18-9-5-4-8-17(18)12-15-6-2-1-3-7-15/h1-3,6-7,10-11,16-18H,4-5,8-9,12-14H2,(H,20,21)/t16-,17-,18+/m0/s1. The first kappa shape index (κ1) is 17.2. The highest BCUT2D eigenvalue weighted by Gasteiger charge is 2.29. The van der Waals surface area contributed by atoms with E-state index in [1.807, 2.05) is 6.07 Å². The monoisotopic (exact) mass is 347 g/mol. The maximum atomic E-state index is 12.3. The molecule has 1 aliphatic carbocycles. The summed E-state index contributed by atoms with van der Waals surface area (Å²) in [6.45, 7) is 0. The van der Waals surface area contributed by atoms with Gasteiger partial charge in [0.25, 0.3) is 0 Å². The van der Waals surface area contributed by atoms with Crippen molar-refractivity contribution in [2.45, 2.75) is 44.6 Å². The first-order chi connectivity index (χ1) is 11.5. The number of nitrogens with one attached hydrogen (secondary N) is 1. The first-order valence-corrected chi connectivity index (χ1v) is 10.5. The predicted octanol–water partition coefficient (Wildman–Crippen LogP) is 2.85. The predicted molar refractivity (Wildman–Crippen MR) is 95.1 cm³/mol. The Kier molecular flexibility index (Phi) is 5.39. The smallest absolute Gasteiger partial charge is 0.220 e. The summed E-state index contributed by atoms with van der Waals surface area (Å²) in [6, 6.07) is 10.6. The summed E-state index contributed by atoms with van der Waals surface area (Å²) in [5.41, 5.74) is 1.31. The lowest BCUT2D eigenvalue weighted by Gasteiger charge is -2.32. The molecule has 1 N–H and O–H groups in total. The Hall–Kier alpha value is -1.62. The van der Waals surface area contributed by atoms with Crippen LogP contribution in [0, 0.1) is 11.8 Å². The number of rotatable bonds is 5. The molecule has 0 unspecified atom stereocenters. The Morgan fingerprint density at radius 2 is 1.88 bits per heavy atom. The third kappa shape index (κ3) is 4.69. The highest BCUT2D eigenvalue weighted by Crippen LogP contribution is 2.28. The van der Waals surface area contributed by atoms with Crippen LogP contribution in [0.3, 0.4) is 0 Å². The quantitative estimate of drug-likeness (QED) is 0.891. The zero-order chi connectivity index (χ0) is 17.0. The number of allylic oxidation sites excluding steroid dienone is 1. The number of carbonyl (C=O) groups excluding carboxylic acids is 1. The minimum absolute atomic E-state index is 0.0216. The molecule has 0 radical (unpaired) electrons.